The van der Waals surface area contributed by atoms with Gasteiger partial charge in [-0.25, -0.2) is 9.48 Å². The number of hydrogen-bond donors (Lipinski definition) is 2. The number of para-hydroxylation sites is 1. The molecule has 0 fully saturated rings. The molecule has 10 heteroatoms. The van der Waals surface area contributed by atoms with Gasteiger partial charge >= 0.3 is 12.2 Å². The lowest BCUT2D eigenvalue weighted by molar-refractivity contribution is -0.137. The number of amides is 3. The molecule has 3 aromatic rings. The molecule has 1 aromatic heterocycles. The van der Waals surface area contributed by atoms with Crippen molar-refractivity contribution in [3.63, 3.8) is 0 Å². The predicted octanol–water partition coefficient (Wildman–Crippen LogP) is 5.99. The molecule has 0 unspecified atom stereocenters. The number of aromatic nitrogens is 2. The van der Waals surface area contributed by atoms with Gasteiger partial charge in [-0.3, -0.25) is 4.79 Å². The molecule has 2 N–H and O–H groups in total. The molecule has 0 atom stereocenters. The summed E-state index contributed by atoms with van der Waals surface area (Å²) < 4.78 is 41.5. The highest BCUT2D eigenvalue weighted by atomic mass is 19.4. The fraction of sp³-hybridized carbons (Fsp3) is 0.346. The summed E-state index contributed by atoms with van der Waals surface area (Å²) in [5.74, 6) is -0.0857. The maximum atomic E-state index is 13.3. The van der Waals surface area contributed by atoms with Crippen molar-refractivity contribution >= 4 is 23.4 Å². The zero-order valence-electron chi connectivity index (χ0n) is 20.9. The highest BCUT2D eigenvalue weighted by molar-refractivity contribution is 5.97. The van der Waals surface area contributed by atoms with Gasteiger partial charge in [-0.05, 0) is 38.1 Å². The monoisotopic (exact) mass is 501 g/mol. The standard InChI is InChI=1S/C26H30F3N5O2/c1-6-33(24(36)30-20-10-8-7-9-19(20)26(27,28)29)16-23(35)31-22-15-21(25(3,4)5)32-34(22)18-13-11-17(2)12-14-18/h7-15H,6,16H2,1-5H3,(H,30,36)(H,31,35). The first-order valence-electron chi connectivity index (χ1n) is 11.5. The number of likely N-dealkylation sites (N-methyl/N-ethyl adjacent to an activating group) is 1. The van der Waals surface area contributed by atoms with E-state index in [0.717, 1.165) is 27.9 Å². The first-order valence-corrected chi connectivity index (χ1v) is 11.5. The van der Waals surface area contributed by atoms with Crippen molar-refractivity contribution in [3.8, 4) is 5.69 Å². The Bertz CT molecular complexity index is 1230. The number of aryl methyl sites for hydroxylation is 1. The smallest absolute Gasteiger partial charge is 0.315 e. The van der Waals surface area contributed by atoms with Crippen molar-refractivity contribution in [2.24, 2.45) is 0 Å². The lowest BCUT2D eigenvalue weighted by atomic mass is 9.92. The number of urea groups is 1. The van der Waals surface area contributed by atoms with Crippen LogP contribution in [-0.4, -0.2) is 39.7 Å². The number of rotatable bonds is 6. The molecular formula is C26H30F3N5O2. The molecule has 0 saturated heterocycles. The zero-order chi connectivity index (χ0) is 26.7. The molecule has 0 spiro atoms. The Kier molecular flexibility index (Phi) is 7.76. The van der Waals surface area contributed by atoms with E-state index in [0.29, 0.717) is 5.82 Å². The van der Waals surface area contributed by atoms with E-state index < -0.39 is 23.7 Å². The minimum atomic E-state index is -4.63. The second kappa shape index (κ2) is 10.4. The molecule has 0 aliphatic rings. The molecule has 1 heterocycles. The van der Waals surface area contributed by atoms with E-state index in [-0.39, 0.29) is 24.2 Å². The third-order valence-electron chi connectivity index (χ3n) is 5.50. The van der Waals surface area contributed by atoms with Crippen molar-refractivity contribution < 1.29 is 22.8 Å². The van der Waals surface area contributed by atoms with E-state index in [1.165, 1.54) is 18.2 Å². The molecule has 3 amide bonds. The molecule has 0 saturated carbocycles. The summed E-state index contributed by atoms with van der Waals surface area (Å²) in [5, 5.41) is 9.73. The largest absolute Gasteiger partial charge is 0.418 e. The molecule has 3 rings (SSSR count). The number of halogens is 3. The fourth-order valence-electron chi connectivity index (χ4n) is 3.44. The van der Waals surface area contributed by atoms with Crippen LogP contribution < -0.4 is 10.6 Å². The summed E-state index contributed by atoms with van der Waals surface area (Å²) >= 11 is 0. The first kappa shape index (κ1) is 26.8. The summed E-state index contributed by atoms with van der Waals surface area (Å²) in [7, 11) is 0. The van der Waals surface area contributed by atoms with Crippen LogP contribution in [0.1, 0.15) is 44.5 Å². The maximum absolute atomic E-state index is 13.3. The van der Waals surface area contributed by atoms with Crippen molar-refractivity contribution in [1.82, 2.24) is 14.7 Å². The minimum Gasteiger partial charge on any atom is -0.315 e. The normalized spacial score (nSPS) is 11.8. The van der Waals surface area contributed by atoms with Crippen LogP contribution in [0.15, 0.2) is 54.6 Å². The third kappa shape index (κ3) is 6.44. The Balaban J connectivity index is 1.79. The van der Waals surface area contributed by atoms with Crippen LogP contribution in [0.3, 0.4) is 0 Å². The van der Waals surface area contributed by atoms with Crippen molar-refractivity contribution in [2.45, 2.75) is 46.2 Å². The lowest BCUT2D eigenvalue weighted by Gasteiger charge is -2.22. The van der Waals surface area contributed by atoms with Gasteiger partial charge in [0, 0.05) is 18.0 Å². The van der Waals surface area contributed by atoms with Gasteiger partial charge in [0.1, 0.15) is 12.4 Å². The van der Waals surface area contributed by atoms with Gasteiger partial charge in [-0.15, -0.1) is 0 Å². The number of anilines is 2. The SMILES string of the molecule is CCN(CC(=O)Nc1cc(C(C)(C)C)nn1-c1ccc(C)cc1)C(=O)Nc1ccccc1C(F)(F)F. The van der Waals surface area contributed by atoms with E-state index in [1.54, 1.807) is 17.7 Å². The number of nitrogens with zero attached hydrogens (tertiary/aromatic N) is 3. The summed E-state index contributed by atoms with van der Waals surface area (Å²) in [6, 6.07) is 13.3. The summed E-state index contributed by atoms with van der Waals surface area (Å²) in [6.45, 7) is 9.36. The quantitative estimate of drug-likeness (QED) is 0.436. The molecule has 7 nitrogen and oxygen atoms in total. The van der Waals surface area contributed by atoms with Crippen LogP contribution in [0.2, 0.25) is 0 Å². The average molecular weight is 502 g/mol. The van der Waals surface area contributed by atoms with Crippen LogP contribution in [0.25, 0.3) is 5.69 Å². The fourth-order valence-corrected chi connectivity index (χ4v) is 3.44. The van der Waals surface area contributed by atoms with Gasteiger partial charge < -0.3 is 15.5 Å². The van der Waals surface area contributed by atoms with E-state index in [2.05, 4.69) is 15.7 Å². The average Bonchev–Trinajstić information content (AvgIpc) is 3.21. The Morgan fingerprint density at radius 3 is 2.22 bits per heavy atom. The van der Waals surface area contributed by atoms with Crippen molar-refractivity contribution in [3.05, 3.63) is 71.4 Å². The van der Waals surface area contributed by atoms with E-state index in [4.69, 9.17) is 0 Å². The van der Waals surface area contributed by atoms with Gasteiger partial charge in [0.05, 0.1) is 22.6 Å². The molecular weight excluding hydrogens is 471 g/mol. The lowest BCUT2D eigenvalue weighted by Crippen LogP contribution is -2.40. The van der Waals surface area contributed by atoms with E-state index >= 15 is 0 Å². The highest BCUT2D eigenvalue weighted by Crippen LogP contribution is 2.34. The molecule has 0 aliphatic heterocycles. The molecule has 36 heavy (non-hydrogen) atoms. The van der Waals surface area contributed by atoms with E-state index in [1.807, 2.05) is 52.0 Å². The van der Waals surface area contributed by atoms with Gasteiger partial charge in [0.15, 0.2) is 0 Å². The second-order valence-corrected chi connectivity index (χ2v) is 9.45. The van der Waals surface area contributed by atoms with Crippen LogP contribution in [0, 0.1) is 6.92 Å². The second-order valence-electron chi connectivity index (χ2n) is 9.45. The van der Waals surface area contributed by atoms with Gasteiger partial charge in [0.2, 0.25) is 5.91 Å². The first-order chi connectivity index (χ1) is 16.8. The summed E-state index contributed by atoms with van der Waals surface area (Å²) in [6.07, 6.45) is -4.63. The number of benzene rings is 2. The molecule has 0 aliphatic carbocycles. The third-order valence-corrected chi connectivity index (χ3v) is 5.50. The van der Waals surface area contributed by atoms with Gasteiger partial charge in [0.25, 0.3) is 0 Å². The topological polar surface area (TPSA) is 79.3 Å². The summed E-state index contributed by atoms with van der Waals surface area (Å²) in [4.78, 5) is 26.7. The number of alkyl halides is 3. The van der Waals surface area contributed by atoms with Gasteiger partial charge in [-0.1, -0.05) is 50.6 Å². The Hall–Kier alpha value is -3.82. The van der Waals surface area contributed by atoms with Crippen molar-refractivity contribution in [1.29, 1.82) is 0 Å². The zero-order valence-corrected chi connectivity index (χ0v) is 20.9. The Labute approximate surface area is 208 Å². The molecule has 0 bridgehead atoms. The van der Waals surface area contributed by atoms with Crippen LogP contribution in [-0.2, 0) is 16.4 Å². The van der Waals surface area contributed by atoms with Crippen LogP contribution >= 0.6 is 0 Å². The van der Waals surface area contributed by atoms with E-state index in [9.17, 15) is 22.8 Å². The minimum absolute atomic E-state index is 0.109. The number of hydrogen-bond acceptors (Lipinski definition) is 3. The van der Waals surface area contributed by atoms with Crippen LogP contribution in [0.5, 0.6) is 0 Å². The number of carbonyl (C=O) groups excluding carboxylic acids is 2. The number of nitrogens with one attached hydrogen (secondary N) is 2. The molecule has 192 valence electrons. The van der Waals surface area contributed by atoms with Gasteiger partial charge in [-0.2, -0.15) is 18.3 Å². The van der Waals surface area contributed by atoms with Crippen molar-refractivity contribution in [2.75, 3.05) is 23.7 Å². The Morgan fingerprint density at radius 1 is 1.00 bits per heavy atom. The Morgan fingerprint density at radius 2 is 1.64 bits per heavy atom. The molecule has 0 radical (unpaired) electrons. The predicted molar refractivity (Wildman–Crippen MR) is 133 cm³/mol. The highest BCUT2D eigenvalue weighted by Gasteiger charge is 2.34. The number of carbonyl (C=O) groups is 2. The maximum Gasteiger partial charge on any atom is 0.418 e. The molecule has 2 aromatic carbocycles. The summed E-state index contributed by atoms with van der Waals surface area (Å²) in [5.41, 5.74) is 0.963. The van der Waals surface area contributed by atoms with Crippen LogP contribution in [0.4, 0.5) is 29.5 Å².